The molecule has 78 valence electrons. The Kier molecular flexibility index (Phi) is 3.70. The smallest absolute Gasteiger partial charge is 0.213 e. The van der Waals surface area contributed by atoms with Crippen LogP contribution in [0.3, 0.4) is 0 Å². The number of nitrogens with one attached hydrogen (secondary N) is 1. The van der Waals surface area contributed by atoms with Crippen molar-refractivity contribution in [1.29, 1.82) is 0 Å². The lowest BCUT2D eigenvalue weighted by Crippen LogP contribution is -2.32. The highest BCUT2D eigenvalue weighted by atomic mass is 32.2. The zero-order valence-corrected chi connectivity index (χ0v) is 8.81. The maximum absolute atomic E-state index is 11.2. The minimum Gasteiger partial charge on any atom is -0.329 e. The predicted octanol–water partition coefficient (Wildman–Crippen LogP) is 0.0531. The van der Waals surface area contributed by atoms with Crippen molar-refractivity contribution in [3.8, 4) is 0 Å². The number of hydrogen-bond acceptors (Lipinski definition) is 3. The number of rotatable bonds is 6. The molecule has 0 aromatic heterocycles. The minimum atomic E-state index is -3.09. The molecule has 0 heterocycles. The summed E-state index contributed by atoms with van der Waals surface area (Å²) in [5.74, 6) is 0.611. The summed E-state index contributed by atoms with van der Waals surface area (Å²) in [5.41, 5.74) is 5.18. The highest BCUT2D eigenvalue weighted by molar-refractivity contribution is 7.89. The molecule has 0 bridgehead atoms. The summed E-state index contributed by atoms with van der Waals surface area (Å²) in [5, 5.41) is 0. The van der Waals surface area contributed by atoms with Crippen LogP contribution in [0.4, 0.5) is 0 Å². The predicted molar refractivity (Wildman–Crippen MR) is 52.8 cm³/mol. The fourth-order valence-corrected chi connectivity index (χ4v) is 2.70. The lowest BCUT2D eigenvalue weighted by molar-refractivity contribution is 0.573. The number of hydrogen-bond donors (Lipinski definition) is 2. The summed E-state index contributed by atoms with van der Waals surface area (Å²) in [6.07, 6.45) is 3.24. The van der Waals surface area contributed by atoms with Gasteiger partial charge in [0.2, 0.25) is 10.0 Å². The number of nitrogens with two attached hydrogens (primary N) is 1. The molecule has 1 aliphatic rings. The van der Waals surface area contributed by atoms with Gasteiger partial charge in [-0.25, -0.2) is 13.1 Å². The lowest BCUT2D eigenvalue weighted by Gasteiger charge is -2.03. The van der Waals surface area contributed by atoms with Crippen LogP contribution in [-0.2, 0) is 10.0 Å². The topological polar surface area (TPSA) is 72.2 Å². The normalized spacial score (nSPS) is 27.5. The maximum Gasteiger partial charge on any atom is 0.213 e. The van der Waals surface area contributed by atoms with Gasteiger partial charge in [-0.05, 0) is 18.8 Å². The summed E-state index contributed by atoms with van der Waals surface area (Å²) in [7, 11) is -3.09. The van der Waals surface area contributed by atoms with Crippen molar-refractivity contribution in [1.82, 2.24) is 4.72 Å². The van der Waals surface area contributed by atoms with Crippen LogP contribution in [0, 0.1) is 5.92 Å². The second kappa shape index (κ2) is 4.39. The molecule has 0 amide bonds. The van der Waals surface area contributed by atoms with E-state index in [1.807, 2.05) is 0 Å². The molecule has 1 saturated carbocycles. The van der Waals surface area contributed by atoms with Crippen LogP contribution in [0.15, 0.2) is 0 Å². The lowest BCUT2D eigenvalue weighted by atomic mass is 10.2. The van der Waals surface area contributed by atoms with Gasteiger partial charge in [0, 0.05) is 12.6 Å². The van der Waals surface area contributed by atoms with Gasteiger partial charge >= 0.3 is 0 Å². The SMILES string of the molecule is CCCC1CC1NS(=O)(=O)CCN. The van der Waals surface area contributed by atoms with Gasteiger partial charge in [0.1, 0.15) is 0 Å². The molecule has 2 unspecified atom stereocenters. The molecule has 13 heavy (non-hydrogen) atoms. The van der Waals surface area contributed by atoms with Gasteiger partial charge in [-0.15, -0.1) is 0 Å². The molecule has 0 aromatic rings. The third kappa shape index (κ3) is 3.62. The fraction of sp³-hybridized carbons (Fsp3) is 1.00. The second-order valence-electron chi connectivity index (χ2n) is 3.62. The molecule has 1 rings (SSSR count). The van der Waals surface area contributed by atoms with Gasteiger partial charge in [0.15, 0.2) is 0 Å². The molecule has 0 aromatic carbocycles. The van der Waals surface area contributed by atoms with E-state index in [9.17, 15) is 8.42 Å². The monoisotopic (exact) mass is 206 g/mol. The molecule has 4 nitrogen and oxygen atoms in total. The van der Waals surface area contributed by atoms with Crippen molar-refractivity contribution in [2.24, 2.45) is 11.7 Å². The van der Waals surface area contributed by atoms with Gasteiger partial charge in [-0.2, -0.15) is 0 Å². The molecule has 0 saturated heterocycles. The first kappa shape index (κ1) is 10.9. The fourth-order valence-electron chi connectivity index (χ4n) is 1.53. The summed E-state index contributed by atoms with van der Waals surface area (Å²) >= 11 is 0. The summed E-state index contributed by atoms with van der Waals surface area (Å²) in [6, 6.07) is 0.191. The van der Waals surface area contributed by atoms with Crippen LogP contribution in [0.1, 0.15) is 26.2 Å². The average Bonchev–Trinajstić information content (AvgIpc) is 2.67. The quantitative estimate of drug-likeness (QED) is 0.645. The molecule has 3 N–H and O–H groups in total. The van der Waals surface area contributed by atoms with Crippen LogP contribution < -0.4 is 10.5 Å². The average molecular weight is 206 g/mol. The Hall–Kier alpha value is -0.130. The zero-order valence-electron chi connectivity index (χ0n) is 7.99. The third-order valence-electron chi connectivity index (χ3n) is 2.30. The van der Waals surface area contributed by atoms with Crippen LogP contribution in [0.25, 0.3) is 0 Å². The first-order valence-electron chi connectivity index (χ1n) is 4.79. The Labute approximate surface area is 79.9 Å². The van der Waals surface area contributed by atoms with Crippen molar-refractivity contribution < 1.29 is 8.42 Å². The number of sulfonamides is 1. The first-order chi connectivity index (χ1) is 6.09. The van der Waals surface area contributed by atoms with Crippen molar-refractivity contribution in [3.05, 3.63) is 0 Å². The van der Waals surface area contributed by atoms with Crippen molar-refractivity contribution in [2.75, 3.05) is 12.3 Å². The van der Waals surface area contributed by atoms with Crippen molar-refractivity contribution >= 4 is 10.0 Å². The van der Waals surface area contributed by atoms with E-state index in [-0.39, 0.29) is 18.3 Å². The van der Waals surface area contributed by atoms with Crippen LogP contribution in [-0.4, -0.2) is 26.8 Å². The van der Waals surface area contributed by atoms with Gasteiger partial charge in [-0.1, -0.05) is 13.3 Å². The van der Waals surface area contributed by atoms with E-state index in [0.717, 1.165) is 19.3 Å². The summed E-state index contributed by atoms with van der Waals surface area (Å²) in [4.78, 5) is 0. The molecule has 0 spiro atoms. The van der Waals surface area contributed by atoms with E-state index >= 15 is 0 Å². The van der Waals surface area contributed by atoms with Crippen molar-refractivity contribution in [2.45, 2.75) is 32.2 Å². The highest BCUT2D eigenvalue weighted by Crippen LogP contribution is 2.34. The Morgan fingerprint density at radius 3 is 2.77 bits per heavy atom. The standard InChI is InChI=1S/C8H18N2O2S/c1-2-3-7-6-8(7)10-13(11,12)5-4-9/h7-8,10H,2-6,9H2,1H3. The second-order valence-corrected chi connectivity index (χ2v) is 5.49. The van der Waals surface area contributed by atoms with Gasteiger partial charge < -0.3 is 5.73 Å². The van der Waals surface area contributed by atoms with E-state index in [1.54, 1.807) is 0 Å². The van der Waals surface area contributed by atoms with Gasteiger partial charge in [0.25, 0.3) is 0 Å². The zero-order chi connectivity index (χ0) is 9.90. The van der Waals surface area contributed by atoms with Crippen LogP contribution >= 0.6 is 0 Å². The molecule has 0 radical (unpaired) electrons. The Morgan fingerprint density at radius 2 is 2.23 bits per heavy atom. The van der Waals surface area contributed by atoms with Gasteiger partial charge in [0.05, 0.1) is 5.75 Å². The van der Waals surface area contributed by atoms with Crippen molar-refractivity contribution in [3.63, 3.8) is 0 Å². The van der Waals surface area contributed by atoms with Gasteiger partial charge in [-0.3, -0.25) is 0 Å². The molecule has 1 aliphatic carbocycles. The van der Waals surface area contributed by atoms with Crippen LogP contribution in [0.2, 0.25) is 0 Å². The molecule has 1 fully saturated rings. The Bertz CT molecular complexity index is 251. The molecular weight excluding hydrogens is 188 g/mol. The molecule has 2 atom stereocenters. The third-order valence-corrected chi connectivity index (χ3v) is 3.73. The molecule has 5 heteroatoms. The Morgan fingerprint density at radius 1 is 1.54 bits per heavy atom. The van der Waals surface area contributed by atoms with E-state index in [0.29, 0.717) is 5.92 Å². The maximum atomic E-state index is 11.2. The van der Waals surface area contributed by atoms with E-state index in [4.69, 9.17) is 5.73 Å². The summed E-state index contributed by atoms with van der Waals surface area (Å²) < 4.78 is 25.1. The molecule has 0 aliphatic heterocycles. The minimum absolute atomic E-state index is 0.0440. The van der Waals surface area contributed by atoms with E-state index in [2.05, 4.69) is 11.6 Å². The molecular formula is C8H18N2O2S. The Balaban J connectivity index is 2.27. The van der Waals surface area contributed by atoms with E-state index in [1.165, 1.54) is 0 Å². The largest absolute Gasteiger partial charge is 0.329 e. The summed E-state index contributed by atoms with van der Waals surface area (Å²) in [6.45, 7) is 2.31. The highest BCUT2D eigenvalue weighted by Gasteiger charge is 2.38. The first-order valence-corrected chi connectivity index (χ1v) is 6.44. The van der Waals surface area contributed by atoms with E-state index < -0.39 is 10.0 Å². The van der Waals surface area contributed by atoms with Crippen LogP contribution in [0.5, 0.6) is 0 Å².